The van der Waals surface area contributed by atoms with Gasteiger partial charge in [0.05, 0.1) is 11.9 Å². The zero-order valence-corrected chi connectivity index (χ0v) is 17.6. The summed E-state index contributed by atoms with van der Waals surface area (Å²) in [6.45, 7) is 7.38. The summed E-state index contributed by atoms with van der Waals surface area (Å²) in [6.07, 6.45) is 3.33. The number of nitrogens with two attached hydrogens (primary N) is 1. The number of piperidine rings is 1. The third-order valence-electron chi connectivity index (χ3n) is 6.01. The Bertz CT molecular complexity index is 801. The van der Waals surface area contributed by atoms with Crippen molar-refractivity contribution in [3.8, 4) is 0 Å². The molecular weight excluding hydrogens is 391 g/mol. The number of aromatic nitrogens is 2. The van der Waals surface area contributed by atoms with Crippen molar-refractivity contribution in [3.63, 3.8) is 0 Å². The predicted octanol–water partition coefficient (Wildman–Crippen LogP) is 4.01. The highest BCUT2D eigenvalue weighted by Crippen LogP contribution is 2.31. The molecule has 1 saturated heterocycles. The Balaban J connectivity index is 1.81. The van der Waals surface area contributed by atoms with Crippen LogP contribution in [-0.2, 0) is 12.7 Å². The van der Waals surface area contributed by atoms with E-state index in [9.17, 15) is 13.2 Å². The van der Waals surface area contributed by atoms with Crippen LogP contribution in [0.5, 0.6) is 0 Å². The molecule has 30 heavy (non-hydrogen) atoms. The second kappa shape index (κ2) is 9.75. The minimum absolute atomic E-state index is 0.226. The van der Waals surface area contributed by atoms with Crippen LogP contribution in [0.15, 0.2) is 36.8 Å². The molecule has 5 nitrogen and oxygen atoms in total. The van der Waals surface area contributed by atoms with Crippen molar-refractivity contribution in [1.29, 1.82) is 0 Å². The van der Waals surface area contributed by atoms with Crippen molar-refractivity contribution in [1.82, 2.24) is 14.9 Å². The molecule has 2 aromatic heterocycles. The average Bonchev–Trinajstić information content (AvgIpc) is 2.73. The summed E-state index contributed by atoms with van der Waals surface area (Å²) in [7, 11) is 0. The van der Waals surface area contributed by atoms with E-state index in [-0.39, 0.29) is 6.04 Å². The lowest BCUT2D eigenvalue weighted by atomic mass is 9.99. The van der Waals surface area contributed by atoms with Gasteiger partial charge < -0.3 is 15.5 Å². The number of rotatable bonds is 7. The van der Waals surface area contributed by atoms with Crippen molar-refractivity contribution < 1.29 is 13.2 Å². The molecule has 1 aliphatic rings. The van der Waals surface area contributed by atoms with Gasteiger partial charge in [-0.1, -0.05) is 0 Å². The molecule has 8 heteroatoms. The van der Waals surface area contributed by atoms with Crippen molar-refractivity contribution in [2.45, 2.75) is 57.9 Å². The highest BCUT2D eigenvalue weighted by atomic mass is 19.4. The summed E-state index contributed by atoms with van der Waals surface area (Å²) in [5.74, 6) is 0. The van der Waals surface area contributed by atoms with Crippen LogP contribution in [0.3, 0.4) is 0 Å². The Morgan fingerprint density at radius 3 is 2.50 bits per heavy atom. The van der Waals surface area contributed by atoms with Gasteiger partial charge in [0.25, 0.3) is 0 Å². The lowest BCUT2D eigenvalue weighted by molar-refractivity contribution is -0.141. The molecule has 0 aromatic carbocycles. The van der Waals surface area contributed by atoms with Gasteiger partial charge in [-0.25, -0.2) is 4.98 Å². The number of pyridine rings is 2. The monoisotopic (exact) mass is 421 g/mol. The van der Waals surface area contributed by atoms with E-state index in [2.05, 4.69) is 26.7 Å². The first-order valence-corrected chi connectivity index (χ1v) is 10.4. The van der Waals surface area contributed by atoms with Crippen LogP contribution in [-0.4, -0.2) is 46.6 Å². The fourth-order valence-corrected chi connectivity index (χ4v) is 4.06. The second-order valence-electron chi connectivity index (χ2n) is 8.02. The number of likely N-dealkylation sites (tertiary alicyclic amines) is 1. The molecule has 0 aliphatic carbocycles. The van der Waals surface area contributed by atoms with E-state index in [1.54, 1.807) is 6.20 Å². The standard InChI is InChI=1S/C22H30F3N5/c1-16-6-10-27-13-18(16)15-30(20-3-4-21(28-14-20)22(23,24)25)19-7-11-29(12-8-19)17(2)5-9-26/h3-4,6,10,13-14,17,19H,5,7-9,11-12,15,26H2,1-2H3/t17-/m1/s1. The van der Waals surface area contributed by atoms with E-state index in [0.717, 1.165) is 49.5 Å². The summed E-state index contributed by atoms with van der Waals surface area (Å²) in [5.41, 5.74) is 7.72. The number of anilines is 1. The van der Waals surface area contributed by atoms with Gasteiger partial charge in [-0.2, -0.15) is 13.2 Å². The summed E-state index contributed by atoms with van der Waals surface area (Å²) < 4.78 is 38.9. The Hall–Kier alpha value is -2.19. The van der Waals surface area contributed by atoms with Gasteiger partial charge in [-0.15, -0.1) is 0 Å². The molecule has 1 fully saturated rings. The smallest absolute Gasteiger partial charge is 0.363 e. The summed E-state index contributed by atoms with van der Waals surface area (Å²) >= 11 is 0. The first-order chi connectivity index (χ1) is 14.3. The summed E-state index contributed by atoms with van der Waals surface area (Å²) in [5, 5.41) is 0. The van der Waals surface area contributed by atoms with Crippen LogP contribution in [0.2, 0.25) is 0 Å². The minimum Gasteiger partial charge on any atom is -0.363 e. The molecule has 0 radical (unpaired) electrons. The zero-order chi connectivity index (χ0) is 21.7. The highest BCUT2D eigenvalue weighted by Gasteiger charge is 2.33. The molecule has 164 valence electrons. The van der Waals surface area contributed by atoms with E-state index in [0.29, 0.717) is 24.8 Å². The molecule has 1 aliphatic heterocycles. The first-order valence-electron chi connectivity index (χ1n) is 10.4. The maximum absolute atomic E-state index is 13.0. The summed E-state index contributed by atoms with van der Waals surface area (Å²) in [6, 6.07) is 5.22. The van der Waals surface area contributed by atoms with Crippen LogP contribution in [0.1, 0.15) is 43.0 Å². The Morgan fingerprint density at radius 1 is 1.20 bits per heavy atom. The van der Waals surface area contributed by atoms with E-state index >= 15 is 0 Å². The molecule has 1 atom stereocenters. The van der Waals surface area contributed by atoms with Crippen molar-refractivity contribution >= 4 is 5.69 Å². The number of hydrogen-bond acceptors (Lipinski definition) is 5. The third kappa shape index (κ3) is 5.49. The molecular formula is C22H30F3N5. The van der Waals surface area contributed by atoms with Gasteiger partial charge in [0.15, 0.2) is 0 Å². The van der Waals surface area contributed by atoms with Crippen LogP contribution in [0.4, 0.5) is 18.9 Å². The average molecular weight is 422 g/mol. The topological polar surface area (TPSA) is 58.3 Å². The van der Waals surface area contributed by atoms with Crippen LogP contribution in [0, 0.1) is 6.92 Å². The number of aryl methyl sites for hydroxylation is 1. The third-order valence-corrected chi connectivity index (χ3v) is 6.01. The van der Waals surface area contributed by atoms with Crippen LogP contribution < -0.4 is 10.6 Å². The van der Waals surface area contributed by atoms with Gasteiger partial charge in [-0.3, -0.25) is 4.98 Å². The molecule has 0 unspecified atom stereocenters. The van der Waals surface area contributed by atoms with E-state index < -0.39 is 11.9 Å². The highest BCUT2D eigenvalue weighted by molar-refractivity contribution is 5.47. The SMILES string of the molecule is Cc1ccncc1CN(c1ccc(C(F)(F)F)nc1)C1CCN([C@H](C)CCN)CC1. The quantitative estimate of drug-likeness (QED) is 0.732. The predicted molar refractivity (Wildman–Crippen MR) is 112 cm³/mol. The first kappa shape index (κ1) is 22.5. The fraction of sp³-hybridized carbons (Fsp3) is 0.545. The maximum Gasteiger partial charge on any atom is 0.433 e. The Labute approximate surface area is 176 Å². The van der Waals surface area contributed by atoms with E-state index in [1.807, 2.05) is 19.2 Å². The van der Waals surface area contributed by atoms with Crippen molar-refractivity contribution in [2.24, 2.45) is 5.73 Å². The van der Waals surface area contributed by atoms with Crippen molar-refractivity contribution in [2.75, 3.05) is 24.5 Å². The molecule has 0 spiro atoms. The van der Waals surface area contributed by atoms with Gasteiger partial charge in [0, 0.05) is 44.1 Å². The van der Waals surface area contributed by atoms with Gasteiger partial charge in [-0.05, 0) is 69.0 Å². The molecule has 3 heterocycles. The maximum atomic E-state index is 13.0. The van der Waals surface area contributed by atoms with Crippen molar-refractivity contribution in [3.05, 3.63) is 53.6 Å². The van der Waals surface area contributed by atoms with Gasteiger partial charge in [0.2, 0.25) is 0 Å². The van der Waals surface area contributed by atoms with E-state index in [4.69, 9.17) is 5.73 Å². The normalized spacial score (nSPS) is 17.1. The van der Waals surface area contributed by atoms with Gasteiger partial charge in [0.1, 0.15) is 5.69 Å². The second-order valence-corrected chi connectivity index (χ2v) is 8.02. The minimum atomic E-state index is -4.44. The van der Waals surface area contributed by atoms with E-state index in [1.165, 1.54) is 12.3 Å². The lowest BCUT2D eigenvalue weighted by Gasteiger charge is -2.42. The molecule has 0 saturated carbocycles. The van der Waals surface area contributed by atoms with Crippen LogP contribution >= 0.6 is 0 Å². The Kier molecular flexibility index (Phi) is 7.31. The van der Waals surface area contributed by atoms with Crippen LogP contribution in [0.25, 0.3) is 0 Å². The molecule has 2 N–H and O–H groups in total. The fourth-order valence-electron chi connectivity index (χ4n) is 4.06. The molecule has 0 amide bonds. The molecule has 0 bridgehead atoms. The summed E-state index contributed by atoms with van der Waals surface area (Å²) in [4.78, 5) is 12.5. The molecule has 3 rings (SSSR count). The number of halogens is 3. The number of alkyl halides is 3. The van der Waals surface area contributed by atoms with Gasteiger partial charge >= 0.3 is 6.18 Å². The molecule has 2 aromatic rings. The Morgan fingerprint density at radius 2 is 1.93 bits per heavy atom. The number of hydrogen-bond donors (Lipinski definition) is 1. The largest absolute Gasteiger partial charge is 0.433 e. The number of nitrogens with zero attached hydrogens (tertiary/aromatic N) is 4. The zero-order valence-electron chi connectivity index (χ0n) is 17.6. The lowest BCUT2D eigenvalue weighted by Crippen LogP contribution is -2.48.